The van der Waals surface area contributed by atoms with Crippen molar-refractivity contribution in [2.45, 2.75) is 13.5 Å². The van der Waals surface area contributed by atoms with Gasteiger partial charge in [0.15, 0.2) is 5.82 Å². The maximum Gasteiger partial charge on any atom is 0.324 e. The monoisotopic (exact) mass is 196 g/mol. The highest BCUT2D eigenvalue weighted by atomic mass is 16.5. The van der Waals surface area contributed by atoms with Crippen molar-refractivity contribution in [2.75, 3.05) is 6.54 Å². The van der Waals surface area contributed by atoms with Crippen molar-refractivity contribution >= 4 is 11.9 Å². The molecule has 0 aliphatic carbocycles. The van der Waals surface area contributed by atoms with E-state index in [1.165, 1.54) is 4.90 Å². The predicted octanol–water partition coefficient (Wildman–Crippen LogP) is -0.570. The predicted molar refractivity (Wildman–Crippen MR) is 43.0 cm³/mol. The number of imide groups is 1. The van der Waals surface area contributed by atoms with Crippen LogP contribution in [-0.4, -0.2) is 33.5 Å². The molecule has 7 nitrogen and oxygen atoms in total. The number of hydrogen-bond donors (Lipinski definition) is 1. The summed E-state index contributed by atoms with van der Waals surface area (Å²) in [4.78, 5) is 27.2. The number of aryl methyl sites for hydroxylation is 1. The summed E-state index contributed by atoms with van der Waals surface area (Å²) in [6, 6.07) is -0.419. The van der Waals surface area contributed by atoms with E-state index in [1.807, 2.05) is 0 Å². The first-order chi connectivity index (χ1) is 6.65. The van der Waals surface area contributed by atoms with Gasteiger partial charge in [0.1, 0.15) is 6.54 Å². The summed E-state index contributed by atoms with van der Waals surface area (Å²) in [5.41, 5.74) is 0. The zero-order valence-electron chi connectivity index (χ0n) is 7.48. The lowest BCUT2D eigenvalue weighted by atomic mass is 10.5. The van der Waals surface area contributed by atoms with Crippen molar-refractivity contribution in [3.05, 3.63) is 11.7 Å². The molecule has 0 spiro atoms. The fourth-order valence-corrected chi connectivity index (χ4v) is 1.19. The highest BCUT2D eigenvalue weighted by molar-refractivity contribution is 6.01. The number of rotatable bonds is 2. The van der Waals surface area contributed by atoms with Crippen LogP contribution in [0.1, 0.15) is 11.7 Å². The van der Waals surface area contributed by atoms with E-state index in [9.17, 15) is 9.59 Å². The third-order valence-electron chi connectivity index (χ3n) is 1.77. The minimum absolute atomic E-state index is 0.0480. The molecule has 74 valence electrons. The molecule has 14 heavy (non-hydrogen) atoms. The van der Waals surface area contributed by atoms with E-state index in [-0.39, 0.29) is 19.0 Å². The Bertz CT molecular complexity index is 386. The van der Waals surface area contributed by atoms with Crippen LogP contribution in [-0.2, 0) is 11.3 Å². The normalized spacial score (nSPS) is 16.2. The SMILES string of the molecule is Cc1nc(CN2CC(=O)NC2=O)no1. The molecule has 0 aromatic carbocycles. The first-order valence-corrected chi connectivity index (χ1v) is 4.03. The molecule has 1 aromatic heterocycles. The third-order valence-corrected chi connectivity index (χ3v) is 1.77. The van der Waals surface area contributed by atoms with Crippen molar-refractivity contribution in [1.82, 2.24) is 20.4 Å². The fraction of sp³-hybridized carbons (Fsp3) is 0.429. The highest BCUT2D eigenvalue weighted by Gasteiger charge is 2.27. The van der Waals surface area contributed by atoms with Crippen LogP contribution in [0.4, 0.5) is 4.79 Å². The first-order valence-electron chi connectivity index (χ1n) is 4.03. The van der Waals surface area contributed by atoms with Crippen molar-refractivity contribution < 1.29 is 14.1 Å². The Morgan fingerprint density at radius 1 is 1.57 bits per heavy atom. The molecule has 3 amide bonds. The number of hydrogen-bond acceptors (Lipinski definition) is 5. The van der Waals surface area contributed by atoms with Gasteiger partial charge in [-0.25, -0.2) is 4.79 Å². The molecule has 0 saturated carbocycles. The van der Waals surface area contributed by atoms with E-state index >= 15 is 0 Å². The van der Waals surface area contributed by atoms with Crippen LogP contribution in [0.5, 0.6) is 0 Å². The van der Waals surface area contributed by atoms with Gasteiger partial charge >= 0.3 is 6.03 Å². The van der Waals surface area contributed by atoms with Crippen LogP contribution >= 0.6 is 0 Å². The third kappa shape index (κ3) is 1.56. The van der Waals surface area contributed by atoms with Crippen LogP contribution in [0, 0.1) is 6.92 Å². The Labute approximate surface area is 79.1 Å². The quantitative estimate of drug-likeness (QED) is 0.640. The van der Waals surface area contributed by atoms with E-state index in [4.69, 9.17) is 4.52 Å². The summed E-state index contributed by atoms with van der Waals surface area (Å²) in [6.45, 7) is 1.90. The molecule has 0 atom stereocenters. The highest BCUT2D eigenvalue weighted by Crippen LogP contribution is 2.04. The van der Waals surface area contributed by atoms with Crippen LogP contribution in [0.25, 0.3) is 0 Å². The molecular weight excluding hydrogens is 188 g/mol. The molecule has 1 aliphatic heterocycles. The number of carbonyl (C=O) groups is 2. The van der Waals surface area contributed by atoms with Gasteiger partial charge in [-0.2, -0.15) is 4.98 Å². The number of amides is 3. The van der Waals surface area contributed by atoms with Gasteiger partial charge in [0.2, 0.25) is 11.8 Å². The topological polar surface area (TPSA) is 88.3 Å². The van der Waals surface area contributed by atoms with Crippen LogP contribution in [0.3, 0.4) is 0 Å². The van der Waals surface area contributed by atoms with E-state index in [0.29, 0.717) is 11.7 Å². The second-order valence-electron chi connectivity index (χ2n) is 2.94. The van der Waals surface area contributed by atoms with E-state index in [0.717, 1.165) is 0 Å². The Balaban J connectivity index is 2.05. The molecular formula is C7H8N4O3. The largest absolute Gasteiger partial charge is 0.340 e. The average Bonchev–Trinajstić information content (AvgIpc) is 2.61. The number of carbonyl (C=O) groups excluding carboxylic acids is 2. The lowest BCUT2D eigenvalue weighted by Gasteiger charge is -2.08. The number of nitrogens with zero attached hydrogens (tertiary/aromatic N) is 3. The number of nitrogens with one attached hydrogen (secondary N) is 1. The molecule has 1 fully saturated rings. The maximum absolute atomic E-state index is 11.1. The Hall–Kier alpha value is -1.92. The van der Waals surface area contributed by atoms with Gasteiger partial charge in [0.05, 0.1) is 6.54 Å². The summed E-state index contributed by atoms with van der Waals surface area (Å²) in [7, 11) is 0. The van der Waals surface area contributed by atoms with E-state index in [2.05, 4.69) is 15.5 Å². The molecule has 0 radical (unpaired) electrons. The second kappa shape index (κ2) is 3.09. The molecule has 1 saturated heterocycles. The van der Waals surface area contributed by atoms with Crippen LogP contribution in [0.15, 0.2) is 4.52 Å². The van der Waals surface area contributed by atoms with Gasteiger partial charge in [0, 0.05) is 6.92 Å². The summed E-state index contributed by atoms with van der Waals surface area (Å²) in [5.74, 6) is 0.522. The zero-order chi connectivity index (χ0) is 10.1. The molecule has 1 N–H and O–H groups in total. The van der Waals surface area contributed by atoms with Crippen molar-refractivity contribution in [3.63, 3.8) is 0 Å². The van der Waals surface area contributed by atoms with Crippen LogP contribution < -0.4 is 5.32 Å². The molecule has 2 heterocycles. The molecule has 1 aromatic rings. The fourth-order valence-electron chi connectivity index (χ4n) is 1.19. The standard InChI is InChI=1S/C7H8N4O3/c1-4-8-5(10-14-4)2-11-3-6(12)9-7(11)13/h2-3H2,1H3,(H,9,12,13). The minimum atomic E-state index is -0.419. The lowest BCUT2D eigenvalue weighted by Crippen LogP contribution is -2.28. The van der Waals surface area contributed by atoms with Gasteiger partial charge in [-0.1, -0.05) is 5.16 Å². The van der Waals surface area contributed by atoms with Gasteiger partial charge in [-0.15, -0.1) is 0 Å². The first kappa shape index (κ1) is 8.67. The van der Waals surface area contributed by atoms with Crippen LogP contribution in [0.2, 0.25) is 0 Å². The Morgan fingerprint density at radius 2 is 2.36 bits per heavy atom. The lowest BCUT2D eigenvalue weighted by molar-refractivity contribution is -0.118. The molecule has 0 bridgehead atoms. The molecule has 2 rings (SSSR count). The molecule has 7 heteroatoms. The summed E-state index contributed by atoms with van der Waals surface area (Å²) < 4.78 is 4.73. The van der Waals surface area contributed by atoms with Gasteiger partial charge in [0.25, 0.3) is 0 Å². The van der Waals surface area contributed by atoms with Crippen molar-refractivity contribution in [1.29, 1.82) is 0 Å². The zero-order valence-corrected chi connectivity index (χ0v) is 7.48. The van der Waals surface area contributed by atoms with Gasteiger partial charge < -0.3 is 9.42 Å². The van der Waals surface area contributed by atoms with E-state index in [1.54, 1.807) is 6.92 Å². The van der Waals surface area contributed by atoms with Crippen molar-refractivity contribution in [3.8, 4) is 0 Å². The van der Waals surface area contributed by atoms with Gasteiger partial charge in [-0.05, 0) is 0 Å². The number of aromatic nitrogens is 2. The molecule has 0 unspecified atom stereocenters. The smallest absolute Gasteiger partial charge is 0.324 e. The van der Waals surface area contributed by atoms with Gasteiger partial charge in [-0.3, -0.25) is 10.1 Å². The summed E-state index contributed by atoms with van der Waals surface area (Å²) in [6.07, 6.45) is 0. The summed E-state index contributed by atoms with van der Waals surface area (Å²) >= 11 is 0. The number of urea groups is 1. The molecule has 1 aliphatic rings. The minimum Gasteiger partial charge on any atom is -0.340 e. The summed E-state index contributed by atoms with van der Waals surface area (Å²) in [5, 5.41) is 5.78. The Morgan fingerprint density at radius 3 is 2.86 bits per heavy atom. The second-order valence-corrected chi connectivity index (χ2v) is 2.94. The maximum atomic E-state index is 11.1. The van der Waals surface area contributed by atoms with Crippen molar-refractivity contribution in [2.24, 2.45) is 0 Å². The Kier molecular flexibility index (Phi) is 1.91. The average molecular weight is 196 g/mol. The van der Waals surface area contributed by atoms with E-state index < -0.39 is 6.03 Å².